The van der Waals surface area contributed by atoms with Gasteiger partial charge in [0.05, 0.1) is 19.2 Å². The summed E-state index contributed by atoms with van der Waals surface area (Å²) in [5.41, 5.74) is 6.89. The van der Waals surface area contributed by atoms with E-state index in [1.54, 1.807) is 7.11 Å². The second kappa shape index (κ2) is 7.14. The summed E-state index contributed by atoms with van der Waals surface area (Å²) in [4.78, 5) is 11.9. The Morgan fingerprint density at radius 1 is 1.26 bits per heavy atom. The molecule has 1 aromatic rings. The molecular formula is C15H24N2O2. The van der Waals surface area contributed by atoms with Gasteiger partial charge in [0.15, 0.2) is 0 Å². The van der Waals surface area contributed by atoms with Crippen LogP contribution in [0.3, 0.4) is 0 Å². The maximum Gasteiger partial charge on any atom is 0.237 e. The molecule has 0 radical (unpaired) electrons. The molecule has 19 heavy (non-hydrogen) atoms. The van der Waals surface area contributed by atoms with Crippen molar-refractivity contribution in [1.29, 1.82) is 0 Å². The molecule has 0 bridgehead atoms. The molecule has 106 valence electrons. The Balaban J connectivity index is 2.57. The lowest BCUT2D eigenvalue weighted by Gasteiger charge is -2.19. The van der Waals surface area contributed by atoms with Crippen molar-refractivity contribution in [2.75, 3.05) is 7.11 Å². The molecular weight excluding hydrogens is 240 g/mol. The first-order chi connectivity index (χ1) is 8.93. The van der Waals surface area contributed by atoms with E-state index < -0.39 is 6.04 Å². The molecule has 4 nitrogen and oxygen atoms in total. The highest BCUT2D eigenvalue weighted by molar-refractivity contribution is 5.81. The fourth-order valence-corrected chi connectivity index (χ4v) is 1.91. The highest BCUT2D eigenvalue weighted by Crippen LogP contribution is 2.17. The first-order valence-electron chi connectivity index (χ1n) is 6.64. The maximum atomic E-state index is 11.9. The summed E-state index contributed by atoms with van der Waals surface area (Å²) in [6.45, 7) is 6.06. The van der Waals surface area contributed by atoms with Gasteiger partial charge >= 0.3 is 0 Å². The number of benzene rings is 1. The van der Waals surface area contributed by atoms with Crippen LogP contribution in [0.15, 0.2) is 24.3 Å². The number of hydrogen-bond donors (Lipinski definition) is 2. The highest BCUT2D eigenvalue weighted by Gasteiger charge is 2.17. The van der Waals surface area contributed by atoms with Crippen LogP contribution in [0.4, 0.5) is 0 Å². The summed E-state index contributed by atoms with van der Waals surface area (Å²) in [7, 11) is 1.63. The molecule has 1 aromatic carbocycles. The third-order valence-corrected chi connectivity index (χ3v) is 3.04. The third-order valence-electron chi connectivity index (χ3n) is 3.04. The van der Waals surface area contributed by atoms with Crippen molar-refractivity contribution in [3.05, 3.63) is 29.8 Å². The number of methoxy groups -OCH3 is 1. The number of carbonyl (C=O) groups excluding carboxylic acids is 1. The highest BCUT2D eigenvalue weighted by atomic mass is 16.5. The van der Waals surface area contributed by atoms with E-state index in [1.807, 2.05) is 31.2 Å². The lowest BCUT2D eigenvalue weighted by molar-refractivity contribution is -0.123. The van der Waals surface area contributed by atoms with Gasteiger partial charge in [-0.15, -0.1) is 0 Å². The van der Waals surface area contributed by atoms with Crippen LogP contribution in [0.2, 0.25) is 0 Å². The van der Waals surface area contributed by atoms with Crippen molar-refractivity contribution < 1.29 is 9.53 Å². The van der Waals surface area contributed by atoms with Gasteiger partial charge in [-0.05, 0) is 37.0 Å². The SMILES string of the molecule is COc1ccc([C@@H](C)NC(=O)[C@@H](N)CC(C)C)cc1. The van der Waals surface area contributed by atoms with Gasteiger partial charge in [0.2, 0.25) is 5.91 Å². The van der Waals surface area contributed by atoms with Crippen LogP contribution in [0.5, 0.6) is 5.75 Å². The summed E-state index contributed by atoms with van der Waals surface area (Å²) in [5.74, 6) is 1.12. The minimum atomic E-state index is -0.444. The molecule has 3 N–H and O–H groups in total. The number of rotatable bonds is 6. The van der Waals surface area contributed by atoms with Gasteiger partial charge < -0.3 is 15.8 Å². The predicted molar refractivity (Wildman–Crippen MR) is 77.0 cm³/mol. The van der Waals surface area contributed by atoms with Gasteiger partial charge in [0.1, 0.15) is 5.75 Å². The molecule has 1 amide bonds. The fraction of sp³-hybridized carbons (Fsp3) is 0.533. The zero-order chi connectivity index (χ0) is 14.4. The van der Waals surface area contributed by atoms with E-state index in [9.17, 15) is 4.79 Å². The number of nitrogens with one attached hydrogen (secondary N) is 1. The third kappa shape index (κ3) is 4.91. The van der Waals surface area contributed by atoms with Crippen molar-refractivity contribution in [2.45, 2.75) is 39.3 Å². The zero-order valence-electron chi connectivity index (χ0n) is 12.1. The monoisotopic (exact) mass is 264 g/mol. The molecule has 0 aromatic heterocycles. The molecule has 0 aliphatic heterocycles. The molecule has 0 heterocycles. The summed E-state index contributed by atoms with van der Waals surface area (Å²) in [6, 6.07) is 7.14. The molecule has 4 heteroatoms. The lowest BCUT2D eigenvalue weighted by Crippen LogP contribution is -2.42. The average Bonchev–Trinajstić information content (AvgIpc) is 2.37. The van der Waals surface area contributed by atoms with Crippen LogP contribution in [0.1, 0.15) is 38.8 Å². The van der Waals surface area contributed by atoms with Gasteiger partial charge in [0, 0.05) is 0 Å². The number of amides is 1. The van der Waals surface area contributed by atoms with Gasteiger partial charge in [-0.1, -0.05) is 26.0 Å². The Bertz CT molecular complexity index is 401. The average molecular weight is 264 g/mol. The Hall–Kier alpha value is -1.55. The van der Waals surface area contributed by atoms with E-state index >= 15 is 0 Å². The number of ether oxygens (including phenoxy) is 1. The van der Waals surface area contributed by atoms with Crippen molar-refractivity contribution in [1.82, 2.24) is 5.32 Å². The van der Waals surface area contributed by atoms with Gasteiger partial charge in [-0.3, -0.25) is 4.79 Å². The minimum Gasteiger partial charge on any atom is -0.497 e. The van der Waals surface area contributed by atoms with Gasteiger partial charge in [-0.2, -0.15) is 0 Å². The van der Waals surface area contributed by atoms with Crippen LogP contribution in [0, 0.1) is 5.92 Å². The van der Waals surface area contributed by atoms with Gasteiger partial charge in [-0.25, -0.2) is 0 Å². The van der Waals surface area contributed by atoms with E-state index in [0.717, 1.165) is 11.3 Å². The van der Waals surface area contributed by atoms with E-state index in [2.05, 4.69) is 19.2 Å². The van der Waals surface area contributed by atoms with Crippen molar-refractivity contribution in [3.63, 3.8) is 0 Å². The Kier molecular flexibility index (Phi) is 5.83. The smallest absolute Gasteiger partial charge is 0.237 e. The molecule has 0 unspecified atom stereocenters. The molecule has 0 aliphatic carbocycles. The molecule has 1 rings (SSSR count). The molecule has 0 saturated heterocycles. The predicted octanol–water partition coefficient (Wildman–Crippen LogP) is 2.25. The number of nitrogens with two attached hydrogens (primary N) is 1. The second-order valence-corrected chi connectivity index (χ2v) is 5.24. The van der Waals surface area contributed by atoms with Crippen molar-refractivity contribution >= 4 is 5.91 Å². The summed E-state index contributed by atoms with van der Waals surface area (Å²) in [6.07, 6.45) is 0.696. The first kappa shape index (κ1) is 15.5. The standard InChI is InChI=1S/C15H24N2O2/c1-10(2)9-14(16)15(18)17-11(3)12-5-7-13(19-4)8-6-12/h5-8,10-11,14H,9,16H2,1-4H3,(H,17,18)/t11-,14+/m1/s1. The van der Waals surface area contributed by atoms with E-state index in [1.165, 1.54) is 0 Å². The van der Waals surface area contributed by atoms with Gasteiger partial charge in [0.25, 0.3) is 0 Å². The zero-order valence-corrected chi connectivity index (χ0v) is 12.1. The van der Waals surface area contributed by atoms with E-state index in [0.29, 0.717) is 12.3 Å². The lowest BCUT2D eigenvalue weighted by atomic mass is 10.0. The largest absolute Gasteiger partial charge is 0.497 e. The Morgan fingerprint density at radius 3 is 2.32 bits per heavy atom. The molecule has 0 spiro atoms. The van der Waals surface area contributed by atoms with Crippen molar-refractivity contribution in [2.24, 2.45) is 11.7 Å². The van der Waals surface area contributed by atoms with E-state index in [4.69, 9.17) is 10.5 Å². The Morgan fingerprint density at radius 2 is 1.84 bits per heavy atom. The first-order valence-corrected chi connectivity index (χ1v) is 6.64. The topological polar surface area (TPSA) is 64.3 Å². The molecule has 0 fully saturated rings. The normalized spacial score (nSPS) is 14.0. The summed E-state index contributed by atoms with van der Waals surface area (Å²) < 4.78 is 5.10. The van der Waals surface area contributed by atoms with Crippen molar-refractivity contribution in [3.8, 4) is 5.75 Å². The fourth-order valence-electron chi connectivity index (χ4n) is 1.91. The number of hydrogen-bond acceptors (Lipinski definition) is 3. The molecule has 0 aliphatic rings. The maximum absolute atomic E-state index is 11.9. The van der Waals surface area contributed by atoms with E-state index in [-0.39, 0.29) is 11.9 Å². The molecule has 2 atom stereocenters. The summed E-state index contributed by atoms with van der Waals surface area (Å²) in [5, 5.41) is 2.93. The quantitative estimate of drug-likeness (QED) is 0.828. The summed E-state index contributed by atoms with van der Waals surface area (Å²) >= 11 is 0. The van der Waals surface area contributed by atoms with Crippen LogP contribution in [-0.2, 0) is 4.79 Å². The Labute approximate surface area is 115 Å². The van der Waals surface area contributed by atoms with Crippen LogP contribution >= 0.6 is 0 Å². The van der Waals surface area contributed by atoms with Crippen LogP contribution in [-0.4, -0.2) is 19.1 Å². The van der Waals surface area contributed by atoms with Crippen LogP contribution in [0.25, 0.3) is 0 Å². The second-order valence-electron chi connectivity index (χ2n) is 5.24. The number of carbonyl (C=O) groups is 1. The minimum absolute atomic E-state index is 0.0587. The molecule has 0 saturated carbocycles. The van der Waals surface area contributed by atoms with Crippen LogP contribution < -0.4 is 15.8 Å².